The summed E-state index contributed by atoms with van der Waals surface area (Å²) in [5.41, 5.74) is 2.90. The number of nitrogens with zero attached hydrogens (tertiary/aromatic N) is 2. The molecule has 1 aliphatic heterocycles. The average molecular weight is 313 g/mol. The fourth-order valence-corrected chi connectivity index (χ4v) is 2.75. The number of morpholine rings is 1. The Morgan fingerprint density at radius 1 is 1.09 bits per heavy atom. The molecule has 23 heavy (non-hydrogen) atoms. The van der Waals surface area contributed by atoms with E-state index in [2.05, 4.69) is 16.3 Å². The molecule has 0 radical (unpaired) electrons. The van der Waals surface area contributed by atoms with Crippen molar-refractivity contribution in [3.63, 3.8) is 0 Å². The number of nitro groups is 1. The van der Waals surface area contributed by atoms with Crippen LogP contribution >= 0.6 is 0 Å². The van der Waals surface area contributed by atoms with E-state index in [0.717, 1.165) is 37.6 Å². The van der Waals surface area contributed by atoms with Crippen LogP contribution in [0, 0.1) is 10.1 Å². The highest BCUT2D eigenvalue weighted by Gasteiger charge is 2.16. The summed E-state index contributed by atoms with van der Waals surface area (Å²) in [5, 5.41) is 14.3. The third-order valence-electron chi connectivity index (χ3n) is 3.91. The van der Waals surface area contributed by atoms with Crippen LogP contribution < -0.4 is 10.2 Å². The molecule has 0 saturated carbocycles. The lowest BCUT2D eigenvalue weighted by Crippen LogP contribution is -2.36. The first-order chi connectivity index (χ1) is 11.3. The van der Waals surface area contributed by atoms with Crippen molar-refractivity contribution in [3.8, 4) is 0 Å². The molecule has 1 fully saturated rings. The molecule has 0 aromatic heterocycles. The van der Waals surface area contributed by atoms with Gasteiger partial charge in [-0.15, -0.1) is 0 Å². The second-order valence-corrected chi connectivity index (χ2v) is 5.36. The van der Waals surface area contributed by atoms with E-state index < -0.39 is 0 Å². The summed E-state index contributed by atoms with van der Waals surface area (Å²) in [6, 6.07) is 14.8. The monoisotopic (exact) mass is 313 g/mol. The number of ether oxygens (including phenoxy) is 1. The van der Waals surface area contributed by atoms with E-state index in [9.17, 15) is 10.1 Å². The van der Waals surface area contributed by atoms with Gasteiger partial charge in [-0.3, -0.25) is 10.1 Å². The third kappa shape index (κ3) is 3.60. The van der Waals surface area contributed by atoms with E-state index in [1.54, 1.807) is 18.2 Å². The first-order valence-corrected chi connectivity index (χ1v) is 7.63. The molecule has 0 amide bonds. The van der Waals surface area contributed by atoms with Crippen LogP contribution in [-0.4, -0.2) is 31.2 Å². The maximum atomic E-state index is 11.1. The molecule has 1 N–H and O–H groups in total. The molecule has 2 aromatic rings. The Bertz CT molecular complexity index is 684. The van der Waals surface area contributed by atoms with Gasteiger partial charge in [-0.1, -0.05) is 30.3 Å². The fraction of sp³-hybridized carbons (Fsp3) is 0.294. The standard InChI is InChI=1S/C17H19N3O3/c21-20(22)17-8-4-2-6-15(17)18-13-14-5-1-3-7-16(14)19-9-11-23-12-10-19/h1-8,18H,9-13H2. The second-order valence-electron chi connectivity index (χ2n) is 5.36. The van der Waals surface area contributed by atoms with Crippen molar-refractivity contribution < 1.29 is 9.66 Å². The minimum atomic E-state index is -0.365. The van der Waals surface area contributed by atoms with Gasteiger partial charge in [0.25, 0.3) is 5.69 Å². The Morgan fingerprint density at radius 3 is 2.57 bits per heavy atom. The summed E-state index contributed by atoms with van der Waals surface area (Å²) in [5.74, 6) is 0. The lowest BCUT2D eigenvalue weighted by molar-refractivity contribution is -0.384. The van der Waals surface area contributed by atoms with E-state index >= 15 is 0 Å². The molecule has 0 unspecified atom stereocenters. The number of hydrogen-bond acceptors (Lipinski definition) is 5. The zero-order valence-electron chi connectivity index (χ0n) is 12.8. The number of hydrogen-bond donors (Lipinski definition) is 1. The fourth-order valence-electron chi connectivity index (χ4n) is 2.75. The summed E-state index contributed by atoms with van der Waals surface area (Å²) in [7, 11) is 0. The molecule has 0 spiro atoms. The van der Waals surface area contributed by atoms with Crippen LogP contribution in [0.25, 0.3) is 0 Å². The smallest absolute Gasteiger partial charge is 0.292 e. The van der Waals surface area contributed by atoms with Crippen LogP contribution in [-0.2, 0) is 11.3 Å². The van der Waals surface area contributed by atoms with Gasteiger partial charge in [0.05, 0.1) is 18.1 Å². The highest BCUT2D eigenvalue weighted by atomic mass is 16.6. The van der Waals surface area contributed by atoms with Gasteiger partial charge in [-0.2, -0.15) is 0 Å². The molecular weight excluding hydrogens is 294 g/mol. The van der Waals surface area contributed by atoms with Gasteiger partial charge in [0.15, 0.2) is 0 Å². The quantitative estimate of drug-likeness (QED) is 0.679. The Balaban J connectivity index is 1.77. The molecule has 0 bridgehead atoms. The topological polar surface area (TPSA) is 67.6 Å². The minimum absolute atomic E-state index is 0.0938. The number of anilines is 2. The molecule has 6 nitrogen and oxygen atoms in total. The van der Waals surface area contributed by atoms with Gasteiger partial charge in [0, 0.05) is 31.4 Å². The van der Waals surface area contributed by atoms with Crippen LogP contribution in [0.5, 0.6) is 0 Å². The molecular formula is C17H19N3O3. The van der Waals surface area contributed by atoms with E-state index in [0.29, 0.717) is 12.2 Å². The molecule has 2 aromatic carbocycles. The van der Waals surface area contributed by atoms with Crippen molar-refractivity contribution in [2.75, 3.05) is 36.5 Å². The van der Waals surface area contributed by atoms with Crippen molar-refractivity contribution in [2.24, 2.45) is 0 Å². The van der Waals surface area contributed by atoms with E-state index in [1.807, 2.05) is 18.2 Å². The molecule has 0 aliphatic carbocycles. The SMILES string of the molecule is O=[N+]([O-])c1ccccc1NCc1ccccc1N1CCOCC1. The zero-order chi connectivity index (χ0) is 16.1. The number of nitrogens with one attached hydrogen (secondary N) is 1. The molecule has 120 valence electrons. The first-order valence-electron chi connectivity index (χ1n) is 7.63. The van der Waals surface area contributed by atoms with E-state index in [-0.39, 0.29) is 10.6 Å². The van der Waals surface area contributed by atoms with Gasteiger partial charge in [-0.05, 0) is 17.7 Å². The van der Waals surface area contributed by atoms with Crippen LogP contribution in [0.3, 0.4) is 0 Å². The van der Waals surface area contributed by atoms with Crippen LogP contribution in [0.2, 0.25) is 0 Å². The largest absolute Gasteiger partial charge is 0.378 e. The van der Waals surface area contributed by atoms with Crippen LogP contribution in [0.15, 0.2) is 48.5 Å². The predicted molar refractivity (Wildman–Crippen MR) is 89.9 cm³/mol. The Hall–Kier alpha value is -2.60. The predicted octanol–water partition coefficient (Wildman–Crippen LogP) is 3.04. The van der Waals surface area contributed by atoms with E-state index in [1.165, 1.54) is 6.07 Å². The number of para-hydroxylation sites is 3. The maximum absolute atomic E-state index is 11.1. The normalized spacial score (nSPS) is 14.5. The lowest BCUT2D eigenvalue weighted by Gasteiger charge is -2.30. The Labute approximate surface area is 134 Å². The van der Waals surface area contributed by atoms with Crippen molar-refractivity contribution in [1.29, 1.82) is 0 Å². The zero-order valence-corrected chi connectivity index (χ0v) is 12.8. The molecule has 0 atom stereocenters. The van der Waals surface area contributed by atoms with Gasteiger partial charge < -0.3 is 15.0 Å². The van der Waals surface area contributed by atoms with Gasteiger partial charge in [0.2, 0.25) is 0 Å². The van der Waals surface area contributed by atoms with Gasteiger partial charge in [-0.25, -0.2) is 0 Å². The van der Waals surface area contributed by atoms with Gasteiger partial charge >= 0.3 is 0 Å². The number of nitro benzene ring substituents is 1. The van der Waals surface area contributed by atoms with Gasteiger partial charge in [0.1, 0.15) is 5.69 Å². The van der Waals surface area contributed by atoms with Crippen LogP contribution in [0.1, 0.15) is 5.56 Å². The summed E-state index contributed by atoms with van der Waals surface area (Å²) in [6.45, 7) is 3.72. The summed E-state index contributed by atoms with van der Waals surface area (Å²) < 4.78 is 5.40. The molecule has 3 rings (SSSR count). The molecule has 1 saturated heterocycles. The minimum Gasteiger partial charge on any atom is -0.378 e. The first kappa shape index (κ1) is 15.3. The van der Waals surface area contributed by atoms with E-state index in [4.69, 9.17) is 4.74 Å². The lowest BCUT2D eigenvalue weighted by atomic mass is 10.1. The van der Waals surface area contributed by atoms with Crippen molar-refractivity contribution in [3.05, 3.63) is 64.2 Å². The molecule has 1 aliphatic rings. The maximum Gasteiger partial charge on any atom is 0.292 e. The van der Waals surface area contributed by atoms with Crippen LogP contribution in [0.4, 0.5) is 17.1 Å². The van der Waals surface area contributed by atoms with Crippen molar-refractivity contribution in [2.45, 2.75) is 6.54 Å². The Morgan fingerprint density at radius 2 is 1.78 bits per heavy atom. The molecule has 1 heterocycles. The summed E-state index contributed by atoms with van der Waals surface area (Å²) in [6.07, 6.45) is 0. The van der Waals surface area contributed by atoms with Crippen molar-refractivity contribution >= 4 is 17.1 Å². The summed E-state index contributed by atoms with van der Waals surface area (Å²) in [4.78, 5) is 13.0. The third-order valence-corrected chi connectivity index (χ3v) is 3.91. The number of rotatable bonds is 5. The second kappa shape index (κ2) is 7.11. The Kier molecular flexibility index (Phi) is 4.73. The van der Waals surface area contributed by atoms with Crippen molar-refractivity contribution in [1.82, 2.24) is 0 Å². The highest BCUT2D eigenvalue weighted by molar-refractivity contribution is 5.62. The highest BCUT2D eigenvalue weighted by Crippen LogP contribution is 2.26. The average Bonchev–Trinajstić information content (AvgIpc) is 2.61. The summed E-state index contributed by atoms with van der Waals surface area (Å²) >= 11 is 0. The molecule has 6 heteroatoms. The number of benzene rings is 2.